The van der Waals surface area contributed by atoms with Crippen molar-refractivity contribution in [3.8, 4) is 0 Å². The molecule has 134 valence electrons. The fourth-order valence-corrected chi connectivity index (χ4v) is 3.83. The second kappa shape index (κ2) is 6.12. The average molecular weight is 341 g/mol. The van der Waals surface area contributed by atoms with Crippen LogP contribution in [-0.4, -0.2) is 43.1 Å². The summed E-state index contributed by atoms with van der Waals surface area (Å²) < 4.78 is 5.46. The van der Waals surface area contributed by atoms with Crippen molar-refractivity contribution in [2.75, 3.05) is 37.0 Å². The molecular weight excluding hydrogens is 314 g/mol. The zero-order valence-corrected chi connectivity index (χ0v) is 15.2. The summed E-state index contributed by atoms with van der Waals surface area (Å²) in [6, 6.07) is 6.29. The van der Waals surface area contributed by atoms with Crippen molar-refractivity contribution in [2.24, 2.45) is 4.99 Å². The highest BCUT2D eigenvalue weighted by Crippen LogP contribution is 2.39. The number of rotatable bonds is 3. The quantitative estimate of drug-likeness (QED) is 0.789. The molecule has 3 aliphatic heterocycles. The Morgan fingerprint density at radius 3 is 2.72 bits per heavy atom. The van der Waals surface area contributed by atoms with Gasteiger partial charge >= 0.3 is 0 Å². The van der Waals surface area contributed by atoms with Gasteiger partial charge in [0.1, 0.15) is 5.66 Å². The summed E-state index contributed by atoms with van der Waals surface area (Å²) in [4.78, 5) is 7.29. The van der Waals surface area contributed by atoms with Crippen LogP contribution in [-0.2, 0) is 10.3 Å². The molecule has 0 amide bonds. The van der Waals surface area contributed by atoms with E-state index in [9.17, 15) is 0 Å². The molecule has 3 aliphatic rings. The highest BCUT2D eigenvalue weighted by atomic mass is 16.5. The lowest BCUT2D eigenvalue weighted by Gasteiger charge is -2.41. The van der Waals surface area contributed by atoms with E-state index in [1.165, 1.54) is 5.56 Å². The number of benzene rings is 1. The fraction of sp³-hybridized carbons (Fsp3) is 0.526. The molecular formula is C19H27N5O. The molecule has 0 aromatic heterocycles. The van der Waals surface area contributed by atoms with Gasteiger partial charge in [0, 0.05) is 37.0 Å². The van der Waals surface area contributed by atoms with Gasteiger partial charge in [-0.05, 0) is 32.9 Å². The molecule has 0 saturated carbocycles. The first-order valence-electron chi connectivity index (χ1n) is 9.00. The van der Waals surface area contributed by atoms with Gasteiger partial charge in [0.15, 0.2) is 0 Å². The summed E-state index contributed by atoms with van der Waals surface area (Å²) in [5, 5.41) is 3.57. The number of nitrogens with zero attached hydrogens (tertiary/aromatic N) is 2. The van der Waals surface area contributed by atoms with Crippen molar-refractivity contribution in [3.63, 3.8) is 0 Å². The van der Waals surface area contributed by atoms with Crippen LogP contribution >= 0.6 is 0 Å². The Morgan fingerprint density at radius 1 is 1.20 bits per heavy atom. The van der Waals surface area contributed by atoms with E-state index >= 15 is 0 Å². The first-order valence-corrected chi connectivity index (χ1v) is 9.00. The van der Waals surface area contributed by atoms with E-state index in [1.54, 1.807) is 0 Å². The first kappa shape index (κ1) is 16.6. The molecule has 1 unspecified atom stereocenters. The number of fused-ring (bicyclic) bond motifs is 1. The van der Waals surface area contributed by atoms with Gasteiger partial charge in [0.25, 0.3) is 0 Å². The van der Waals surface area contributed by atoms with Crippen molar-refractivity contribution in [1.82, 2.24) is 10.3 Å². The Bertz CT molecular complexity index is 721. The molecule has 1 saturated heterocycles. The molecule has 3 N–H and O–H groups in total. The number of hydrogen-bond donors (Lipinski definition) is 3. The lowest BCUT2D eigenvalue weighted by Crippen LogP contribution is -2.51. The first-order chi connectivity index (χ1) is 12.0. The average Bonchev–Trinajstić information content (AvgIpc) is 2.94. The smallest absolute Gasteiger partial charge is 0.114 e. The van der Waals surface area contributed by atoms with Crippen LogP contribution in [0.15, 0.2) is 35.0 Å². The van der Waals surface area contributed by atoms with E-state index in [0.717, 1.165) is 49.8 Å². The number of dihydropyridines is 1. The highest BCUT2D eigenvalue weighted by molar-refractivity contribution is 5.86. The van der Waals surface area contributed by atoms with Gasteiger partial charge in [-0.3, -0.25) is 9.89 Å². The van der Waals surface area contributed by atoms with Crippen LogP contribution in [0, 0.1) is 0 Å². The molecule has 1 aromatic carbocycles. The van der Waals surface area contributed by atoms with Crippen LogP contribution in [0.25, 0.3) is 0 Å². The maximum absolute atomic E-state index is 5.46. The summed E-state index contributed by atoms with van der Waals surface area (Å²) in [6.45, 7) is 10.0. The van der Waals surface area contributed by atoms with Gasteiger partial charge in [-0.15, -0.1) is 0 Å². The van der Waals surface area contributed by atoms with Crippen LogP contribution in [0.3, 0.4) is 0 Å². The van der Waals surface area contributed by atoms with E-state index < -0.39 is 0 Å². The molecule has 0 aliphatic carbocycles. The summed E-state index contributed by atoms with van der Waals surface area (Å²) in [6.07, 6.45) is 5.13. The molecule has 0 bridgehead atoms. The summed E-state index contributed by atoms with van der Waals surface area (Å²) >= 11 is 0. The number of nitrogens with one attached hydrogen (secondary N) is 3. The number of hydrazine groups is 1. The Balaban J connectivity index is 1.51. The topological polar surface area (TPSA) is 60.9 Å². The van der Waals surface area contributed by atoms with Gasteiger partial charge in [-0.1, -0.05) is 12.1 Å². The van der Waals surface area contributed by atoms with Crippen molar-refractivity contribution >= 4 is 17.6 Å². The number of morpholine rings is 1. The summed E-state index contributed by atoms with van der Waals surface area (Å²) in [5.41, 5.74) is 10.9. The zero-order valence-electron chi connectivity index (χ0n) is 15.2. The van der Waals surface area contributed by atoms with Crippen molar-refractivity contribution in [2.45, 2.75) is 38.4 Å². The van der Waals surface area contributed by atoms with Gasteiger partial charge in [0.2, 0.25) is 0 Å². The highest BCUT2D eigenvalue weighted by Gasteiger charge is 2.34. The van der Waals surface area contributed by atoms with Crippen LogP contribution in [0.2, 0.25) is 0 Å². The lowest BCUT2D eigenvalue weighted by molar-refractivity contribution is -0.0126. The van der Waals surface area contributed by atoms with Gasteiger partial charge < -0.3 is 15.5 Å². The van der Waals surface area contributed by atoms with Crippen LogP contribution in [0.4, 0.5) is 11.4 Å². The maximum atomic E-state index is 5.46. The van der Waals surface area contributed by atoms with E-state index in [1.807, 2.05) is 6.21 Å². The predicted molar refractivity (Wildman–Crippen MR) is 102 cm³/mol. The van der Waals surface area contributed by atoms with Crippen molar-refractivity contribution in [1.29, 1.82) is 0 Å². The normalized spacial score (nSPS) is 28.2. The molecule has 0 radical (unpaired) electrons. The van der Waals surface area contributed by atoms with Crippen LogP contribution in [0.1, 0.15) is 32.8 Å². The Kier molecular flexibility index (Phi) is 4.06. The number of allylic oxidation sites excluding steroid dienone is 1. The third-order valence-corrected chi connectivity index (χ3v) is 5.36. The second-order valence-corrected chi connectivity index (χ2v) is 7.67. The standard InChI is InChI=1S/C19H27N5O/c1-18(2)17-15(5-4-6-16(17)22-23-18)21-14-7-8-19(3,20-13-14)24-9-11-25-12-10-24/h4-7,13,21-23H,8-12H2,1-3H3. The number of aliphatic imine (C=N–C) groups is 1. The summed E-state index contributed by atoms with van der Waals surface area (Å²) in [7, 11) is 0. The molecule has 0 spiro atoms. The van der Waals surface area contributed by atoms with E-state index in [4.69, 9.17) is 9.73 Å². The zero-order chi connectivity index (χ0) is 17.5. The second-order valence-electron chi connectivity index (χ2n) is 7.67. The minimum Gasteiger partial charge on any atom is -0.379 e. The van der Waals surface area contributed by atoms with Crippen molar-refractivity contribution in [3.05, 3.63) is 35.5 Å². The monoisotopic (exact) mass is 341 g/mol. The molecule has 4 rings (SSSR count). The third kappa shape index (κ3) is 3.05. The maximum Gasteiger partial charge on any atom is 0.114 e. The van der Waals surface area contributed by atoms with Gasteiger partial charge in [-0.2, -0.15) is 0 Å². The van der Waals surface area contributed by atoms with E-state index in [2.05, 4.69) is 66.1 Å². The Hall–Kier alpha value is -1.89. The molecule has 25 heavy (non-hydrogen) atoms. The molecule has 3 heterocycles. The van der Waals surface area contributed by atoms with E-state index in [0.29, 0.717) is 0 Å². The number of hydrogen-bond acceptors (Lipinski definition) is 6. The minimum absolute atomic E-state index is 0.117. The number of ether oxygens (including phenoxy) is 1. The Morgan fingerprint density at radius 2 is 2.00 bits per heavy atom. The number of anilines is 2. The van der Waals surface area contributed by atoms with Gasteiger partial charge in [0.05, 0.1) is 30.1 Å². The molecule has 1 atom stereocenters. The summed E-state index contributed by atoms with van der Waals surface area (Å²) in [5.74, 6) is 0. The third-order valence-electron chi connectivity index (χ3n) is 5.36. The SMILES string of the molecule is CC1(C)NNc2cccc(NC3=CCC(C)(N4CCOCC4)N=C3)c21. The fourth-order valence-electron chi connectivity index (χ4n) is 3.83. The molecule has 1 fully saturated rings. The van der Waals surface area contributed by atoms with E-state index in [-0.39, 0.29) is 11.2 Å². The molecule has 6 heteroatoms. The van der Waals surface area contributed by atoms with Gasteiger partial charge in [-0.25, -0.2) is 5.43 Å². The Labute approximate surface area is 149 Å². The lowest BCUT2D eigenvalue weighted by atomic mass is 9.93. The van der Waals surface area contributed by atoms with Crippen molar-refractivity contribution < 1.29 is 4.74 Å². The van der Waals surface area contributed by atoms with Crippen LogP contribution < -0.4 is 16.2 Å². The molecule has 6 nitrogen and oxygen atoms in total. The predicted octanol–water partition coefficient (Wildman–Crippen LogP) is 2.67. The molecule has 1 aromatic rings. The largest absolute Gasteiger partial charge is 0.379 e. The van der Waals surface area contributed by atoms with Crippen LogP contribution in [0.5, 0.6) is 0 Å². The minimum atomic E-state index is -0.157.